The molecule has 1 aromatic rings. The van der Waals surface area contributed by atoms with E-state index in [-0.39, 0.29) is 0 Å². The second kappa shape index (κ2) is 8.12. The predicted octanol–water partition coefficient (Wildman–Crippen LogP) is 2.62. The van der Waals surface area contributed by atoms with E-state index in [9.17, 15) is 0 Å². The van der Waals surface area contributed by atoms with Gasteiger partial charge in [0.05, 0.1) is 0 Å². The van der Waals surface area contributed by atoms with Gasteiger partial charge < -0.3 is 5.32 Å². The molecule has 0 bridgehead atoms. The van der Waals surface area contributed by atoms with Crippen molar-refractivity contribution in [1.29, 1.82) is 0 Å². The van der Waals surface area contributed by atoms with Crippen LogP contribution in [0.25, 0.3) is 0 Å². The summed E-state index contributed by atoms with van der Waals surface area (Å²) in [6, 6.07) is 8.38. The van der Waals surface area contributed by atoms with Gasteiger partial charge in [-0.1, -0.05) is 43.0 Å². The normalized spacial score (nSPS) is 17.0. The number of nitrogens with one attached hydrogen (secondary N) is 2. The Morgan fingerprint density at radius 3 is 2.55 bits per heavy atom. The van der Waals surface area contributed by atoms with Crippen LogP contribution in [0.1, 0.15) is 37.7 Å². The summed E-state index contributed by atoms with van der Waals surface area (Å²) in [6.45, 7) is 0.709. The van der Waals surface area contributed by atoms with Gasteiger partial charge in [-0.2, -0.15) is 0 Å². The number of benzene rings is 1. The lowest BCUT2D eigenvalue weighted by molar-refractivity contribution is 0.410. The van der Waals surface area contributed by atoms with Gasteiger partial charge in [-0.3, -0.25) is 10.4 Å². The van der Waals surface area contributed by atoms with Crippen molar-refractivity contribution in [2.75, 3.05) is 6.54 Å². The first-order chi connectivity index (χ1) is 9.78. The molecule has 0 aliphatic heterocycles. The lowest BCUT2D eigenvalue weighted by Crippen LogP contribution is -2.47. The third-order valence-electron chi connectivity index (χ3n) is 3.67. The van der Waals surface area contributed by atoms with Crippen molar-refractivity contribution < 1.29 is 0 Å². The van der Waals surface area contributed by atoms with Gasteiger partial charge >= 0.3 is 0 Å². The van der Waals surface area contributed by atoms with E-state index >= 15 is 0 Å². The van der Waals surface area contributed by atoms with Crippen LogP contribution in [0.4, 0.5) is 0 Å². The fraction of sp³-hybridized carbons (Fsp3) is 0.533. The summed E-state index contributed by atoms with van der Waals surface area (Å²) in [4.78, 5) is 4.49. The maximum Gasteiger partial charge on any atom is 0.205 e. The topological polar surface area (TPSA) is 62.4 Å². The molecular weight excluding hydrogens is 272 g/mol. The molecule has 0 unspecified atom stereocenters. The van der Waals surface area contributed by atoms with E-state index in [0.717, 1.165) is 11.4 Å². The summed E-state index contributed by atoms with van der Waals surface area (Å²) in [5.41, 5.74) is 3.89. The van der Waals surface area contributed by atoms with Crippen LogP contribution in [0.5, 0.6) is 0 Å². The Bertz CT molecular complexity index is 424. The third kappa shape index (κ3) is 5.02. The highest BCUT2D eigenvalue weighted by atomic mass is 35.5. The molecule has 4 nitrogen and oxygen atoms in total. The minimum atomic E-state index is 0.508. The Labute approximate surface area is 125 Å². The average molecular weight is 295 g/mol. The molecule has 0 saturated heterocycles. The molecule has 1 saturated carbocycles. The molecular formula is C15H23ClN4. The van der Waals surface area contributed by atoms with Gasteiger partial charge in [-0.25, -0.2) is 5.84 Å². The monoisotopic (exact) mass is 294 g/mol. The van der Waals surface area contributed by atoms with Gasteiger partial charge in [-0.05, 0) is 37.0 Å². The van der Waals surface area contributed by atoms with Crippen molar-refractivity contribution in [2.24, 2.45) is 10.8 Å². The third-order valence-corrected chi connectivity index (χ3v) is 3.92. The first-order valence-electron chi connectivity index (χ1n) is 7.30. The van der Waals surface area contributed by atoms with E-state index in [1.807, 2.05) is 24.3 Å². The number of rotatable bonds is 4. The highest BCUT2D eigenvalue weighted by molar-refractivity contribution is 6.30. The SMILES string of the molecule is NNC(=NCCc1ccc(Cl)cc1)NC1CCCCC1. The lowest BCUT2D eigenvalue weighted by atomic mass is 9.96. The number of nitrogens with two attached hydrogens (primary N) is 1. The number of hydrazine groups is 1. The zero-order valence-electron chi connectivity index (χ0n) is 11.7. The molecule has 110 valence electrons. The van der Waals surface area contributed by atoms with Crippen molar-refractivity contribution in [1.82, 2.24) is 10.7 Å². The van der Waals surface area contributed by atoms with E-state index in [0.29, 0.717) is 18.5 Å². The molecule has 1 aliphatic carbocycles. The van der Waals surface area contributed by atoms with Crippen LogP contribution in [0, 0.1) is 0 Å². The van der Waals surface area contributed by atoms with E-state index < -0.39 is 0 Å². The fourth-order valence-corrected chi connectivity index (χ4v) is 2.65. The molecule has 0 radical (unpaired) electrons. The van der Waals surface area contributed by atoms with Crippen molar-refractivity contribution in [3.63, 3.8) is 0 Å². The molecule has 5 heteroatoms. The van der Waals surface area contributed by atoms with Gasteiger partial charge in [-0.15, -0.1) is 0 Å². The number of halogens is 1. The van der Waals surface area contributed by atoms with Crippen LogP contribution in [-0.2, 0) is 6.42 Å². The Balaban J connectivity index is 1.79. The minimum Gasteiger partial charge on any atom is -0.353 e. The molecule has 1 aromatic carbocycles. The molecule has 0 amide bonds. The summed E-state index contributed by atoms with van der Waals surface area (Å²) in [7, 11) is 0. The van der Waals surface area contributed by atoms with Crippen LogP contribution in [-0.4, -0.2) is 18.5 Å². The molecule has 0 spiro atoms. The zero-order valence-corrected chi connectivity index (χ0v) is 12.5. The summed E-state index contributed by atoms with van der Waals surface area (Å²) in [6.07, 6.45) is 7.22. The van der Waals surface area contributed by atoms with Crippen molar-refractivity contribution in [2.45, 2.75) is 44.6 Å². The van der Waals surface area contributed by atoms with Crippen LogP contribution in [0.2, 0.25) is 5.02 Å². The quantitative estimate of drug-likeness (QED) is 0.346. The van der Waals surface area contributed by atoms with Crippen LogP contribution >= 0.6 is 11.6 Å². The molecule has 0 heterocycles. The lowest BCUT2D eigenvalue weighted by Gasteiger charge is -2.24. The van der Waals surface area contributed by atoms with Gasteiger partial charge in [0.2, 0.25) is 5.96 Å². The number of hydrogen-bond acceptors (Lipinski definition) is 2. The second-order valence-electron chi connectivity index (χ2n) is 5.23. The first-order valence-corrected chi connectivity index (χ1v) is 7.68. The largest absolute Gasteiger partial charge is 0.353 e. The van der Waals surface area contributed by atoms with Crippen molar-refractivity contribution >= 4 is 17.6 Å². The maximum absolute atomic E-state index is 5.86. The predicted molar refractivity (Wildman–Crippen MR) is 84.8 cm³/mol. The van der Waals surface area contributed by atoms with Gasteiger partial charge in [0.15, 0.2) is 0 Å². The summed E-state index contributed by atoms with van der Waals surface area (Å²) in [5.74, 6) is 6.23. The van der Waals surface area contributed by atoms with Crippen molar-refractivity contribution in [3.8, 4) is 0 Å². The molecule has 1 fully saturated rings. The highest BCUT2D eigenvalue weighted by Crippen LogP contribution is 2.17. The standard InChI is InChI=1S/C15H23ClN4/c16-13-8-6-12(7-9-13)10-11-18-15(20-17)19-14-4-2-1-3-5-14/h6-9,14H,1-5,10-11,17H2,(H2,18,19,20). The molecule has 4 N–H and O–H groups in total. The van der Waals surface area contributed by atoms with Crippen LogP contribution in [0.15, 0.2) is 29.3 Å². The minimum absolute atomic E-state index is 0.508. The van der Waals surface area contributed by atoms with Crippen LogP contribution < -0.4 is 16.6 Å². The first kappa shape index (κ1) is 15.1. The van der Waals surface area contributed by atoms with E-state index in [4.69, 9.17) is 17.4 Å². The van der Waals surface area contributed by atoms with E-state index in [2.05, 4.69) is 15.7 Å². The summed E-state index contributed by atoms with van der Waals surface area (Å²) < 4.78 is 0. The fourth-order valence-electron chi connectivity index (χ4n) is 2.52. The van der Waals surface area contributed by atoms with Crippen LogP contribution in [0.3, 0.4) is 0 Å². The molecule has 2 rings (SSSR count). The number of guanidine groups is 1. The maximum atomic E-state index is 5.86. The number of hydrogen-bond donors (Lipinski definition) is 3. The zero-order chi connectivity index (χ0) is 14.2. The molecule has 1 aliphatic rings. The molecule has 20 heavy (non-hydrogen) atoms. The molecule has 0 aromatic heterocycles. The molecule has 0 atom stereocenters. The van der Waals surface area contributed by atoms with Crippen molar-refractivity contribution in [3.05, 3.63) is 34.9 Å². The summed E-state index contributed by atoms with van der Waals surface area (Å²) >= 11 is 5.86. The van der Waals surface area contributed by atoms with E-state index in [1.54, 1.807) is 0 Å². The summed E-state index contributed by atoms with van der Waals surface area (Å²) in [5, 5.41) is 4.16. The Kier molecular flexibility index (Phi) is 6.15. The van der Waals surface area contributed by atoms with E-state index in [1.165, 1.54) is 37.7 Å². The number of aliphatic imine (C=N–C) groups is 1. The highest BCUT2D eigenvalue weighted by Gasteiger charge is 2.13. The Hall–Kier alpha value is -1.26. The Morgan fingerprint density at radius 1 is 1.20 bits per heavy atom. The smallest absolute Gasteiger partial charge is 0.205 e. The number of nitrogens with zero attached hydrogens (tertiary/aromatic N) is 1. The van der Waals surface area contributed by atoms with Gasteiger partial charge in [0.25, 0.3) is 0 Å². The Morgan fingerprint density at radius 2 is 1.90 bits per heavy atom. The van der Waals surface area contributed by atoms with Gasteiger partial charge in [0, 0.05) is 17.6 Å². The second-order valence-corrected chi connectivity index (χ2v) is 5.67. The van der Waals surface area contributed by atoms with Gasteiger partial charge in [0.1, 0.15) is 0 Å². The average Bonchev–Trinajstić information content (AvgIpc) is 2.49.